The van der Waals surface area contributed by atoms with Crippen LogP contribution in [0.3, 0.4) is 0 Å². The Morgan fingerprint density at radius 3 is 2.53 bits per heavy atom. The summed E-state index contributed by atoms with van der Waals surface area (Å²) < 4.78 is 0. The van der Waals surface area contributed by atoms with Crippen LogP contribution < -0.4 is 0 Å². The number of alkyl halides is 1. The third kappa shape index (κ3) is 3.09. The van der Waals surface area contributed by atoms with Crippen molar-refractivity contribution in [3.8, 4) is 0 Å². The summed E-state index contributed by atoms with van der Waals surface area (Å²) >= 11 is 6.21. The Bertz CT molecular complexity index is 333. The van der Waals surface area contributed by atoms with Gasteiger partial charge in [0.15, 0.2) is 0 Å². The van der Waals surface area contributed by atoms with Crippen molar-refractivity contribution in [3.63, 3.8) is 0 Å². The highest BCUT2D eigenvalue weighted by Crippen LogP contribution is 2.43. The van der Waals surface area contributed by atoms with E-state index in [-0.39, 0.29) is 5.38 Å². The second-order valence-corrected chi connectivity index (χ2v) is 7.46. The first-order valence-electron chi connectivity index (χ1n) is 8.17. The molecule has 4 unspecified atom stereocenters. The monoisotopic (exact) mass is 283 g/mol. The van der Waals surface area contributed by atoms with Gasteiger partial charge in [0.2, 0.25) is 5.91 Å². The van der Waals surface area contributed by atoms with Crippen molar-refractivity contribution in [1.29, 1.82) is 0 Å². The minimum atomic E-state index is 0.184. The number of fused-ring (bicyclic) bond motifs is 1. The summed E-state index contributed by atoms with van der Waals surface area (Å²) in [7, 11) is 0. The number of carbonyl (C=O) groups is 1. The lowest BCUT2D eigenvalue weighted by molar-refractivity contribution is -0.138. The van der Waals surface area contributed by atoms with Gasteiger partial charge in [-0.15, -0.1) is 11.6 Å². The molecular weight excluding hydrogens is 258 g/mol. The lowest BCUT2D eigenvalue weighted by Crippen LogP contribution is -2.45. The van der Waals surface area contributed by atoms with Gasteiger partial charge in [0.25, 0.3) is 0 Å². The molecule has 1 heterocycles. The predicted molar refractivity (Wildman–Crippen MR) is 78.2 cm³/mol. The van der Waals surface area contributed by atoms with Gasteiger partial charge in [0.05, 0.1) is 5.38 Å². The highest BCUT2D eigenvalue weighted by Gasteiger charge is 2.37. The SMILES string of the molecule is O=C(C1CCC2CCCCC2C1)N1CCCC(Cl)C1. The van der Waals surface area contributed by atoms with E-state index >= 15 is 0 Å². The number of rotatable bonds is 1. The van der Waals surface area contributed by atoms with E-state index in [4.69, 9.17) is 11.6 Å². The molecule has 0 aromatic rings. The zero-order chi connectivity index (χ0) is 13.2. The van der Waals surface area contributed by atoms with Crippen LogP contribution in [0.1, 0.15) is 57.8 Å². The Kier molecular flexibility index (Phi) is 4.36. The third-order valence-electron chi connectivity index (χ3n) is 5.56. The molecule has 1 amide bonds. The molecule has 0 N–H and O–H groups in total. The van der Waals surface area contributed by atoms with Crippen molar-refractivity contribution in [1.82, 2.24) is 4.90 Å². The molecule has 2 saturated carbocycles. The van der Waals surface area contributed by atoms with Crippen molar-refractivity contribution in [3.05, 3.63) is 0 Å². The van der Waals surface area contributed by atoms with Gasteiger partial charge in [-0.05, 0) is 43.9 Å². The van der Waals surface area contributed by atoms with Gasteiger partial charge in [-0.1, -0.05) is 25.7 Å². The van der Waals surface area contributed by atoms with E-state index < -0.39 is 0 Å². The van der Waals surface area contributed by atoms with Gasteiger partial charge in [0.1, 0.15) is 0 Å². The molecule has 3 heteroatoms. The molecular formula is C16H26ClNO. The Balaban J connectivity index is 1.58. The number of nitrogens with zero attached hydrogens (tertiary/aromatic N) is 1. The van der Waals surface area contributed by atoms with Gasteiger partial charge in [0, 0.05) is 19.0 Å². The lowest BCUT2D eigenvalue weighted by atomic mass is 9.67. The van der Waals surface area contributed by atoms with E-state index in [0.717, 1.165) is 50.6 Å². The molecule has 0 bridgehead atoms. The molecule has 1 aliphatic heterocycles. The summed E-state index contributed by atoms with van der Waals surface area (Å²) in [5.74, 6) is 2.49. The zero-order valence-electron chi connectivity index (χ0n) is 11.8. The van der Waals surface area contributed by atoms with Crippen LogP contribution in [-0.4, -0.2) is 29.3 Å². The van der Waals surface area contributed by atoms with E-state index in [0.29, 0.717) is 11.8 Å². The van der Waals surface area contributed by atoms with Gasteiger partial charge in [-0.2, -0.15) is 0 Å². The Hall–Kier alpha value is -0.240. The van der Waals surface area contributed by atoms with Crippen LogP contribution in [0.15, 0.2) is 0 Å². The minimum Gasteiger partial charge on any atom is -0.341 e. The molecule has 0 radical (unpaired) electrons. The molecule has 0 aromatic heterocycles. The number of likely N-dealkylation sites (tertiary alicyclic amines) is 1. The second kappa shape index (κ2) is 6.03. The Labute approximate surface area is 121 Å². The largest absolute Gasteiger partial charge is 0.341 e. The molecule has 4 atom stereocenters. The number of amides is 1. The summed E-state index contributed by atoms with van der Waals surface area (Å²) in [6.07, 6.45) is 11.3. The molecule has 0 spiro atoms. The van der Waals surface area contributed by atoms with E-state index in [2.05, 4.69) is 4.90 Å². The predicted octanol–water partition coefficient (Wildman–Crippen LogP) is 3.82. The van der Waals surface area contributed by atoms with Crippen molar-refractivity contribution < 1.29 is 4.79 Å². The number of piperidine rings is 1. The molecule has 108 valence electrons. The fourth-order valence-corrected chi connectivity index (χ4v) is 4.80. The van der Waals surface area contributed by atoms with E-state index in [1.807, 2.05) is 0 Å². The maximum atomic E-state index is 12.6. The van der Waals surface area contributed by atoms with E-state index in [1.165, 1.54) is 32.1 Å². The normalized spacial score (nSPS) is 39.7. The molecule has 19 heavy (non-hydrogen) atoms. The van der Waals surface area contributed by atoms with Crippen LogP contribution in [0, 0.1) is 17.8 Å². The molecule has 3 rings (SSSR count). The summed E-state index contributed by atoms with van der Waals surface area (Å²) in [4.78, 5) is 14.7. The number of hydrogen-bond acceptors (Lipinski definition) is 1. The number of halogens is 1. The second-order valence-electron chi connectivity index (χ2n) is 6.84. The highest BCUT2D eigenvalue weighted by molar-refractivity contribution is 6.20. The number of hydrogen-bond donors (Lipinski definition) is 0. The molecule has 3 fully saturated rings. The Morgan fingerprint density at radius 2 is 1.74 bits per heavy atom. The van der Waals surface area contributed by atoms with Crippen molar-refractivity contribution in [2.75, 3.05) is 13.1 Å². The lowest BCUT2D eigenvalue weighted by Gasteiger charge is -2.41. The van der Waals surface area contributed by atoms with E-state index in [1.54, 1.807) is 0 Å². The van der Waals surface area contributed by atoms with Crippen LogP contribution in [0.5, 0.6) is 0 Å². The number of carbonyl (C=O) groups excluding carboxylic acids is 1. The van der Waals surface area contributed by atoms with Crippen molar-refractivity contribution in [2.24, 2.45) is 17.8 Å². The summed E-state index contributed by atoms with van der Waals surface area (Å²) in [5.41, 5.74) is 0. The summed E-state index contributed by atoms with van der Waals surface area (Å²) in [6, 6.07) is 0. The maximum absolute atomic E-state index is 12.6. The zero-order valence-corrected chi connectivity index (χ0v) is 12.6. The Morgan fingerprint density at radius 1 is 0.947 bits per heavy atom. The highest BCUT2D eigenvalue weighted by atomic mass is 35.5. The maximum Gasteiger partial charge on any atom is 0.225 e. The van der Waals surface area contributed by atoms with Crippen LogP contribution in [0.4, 0.5) is 0 Å². The van der Waals surface area contributed by atoms with Crippen LogP contribution in [0.2, 0.25) is 0 Å². The first-order chi connectivity index (χ1) is 9.24. The van der Waals surface area contributed by atoms with Crippen LogP contribution in [-0.2, 0) is 4.79 Å². The van der Waals surface area contributed by atoms with Crippen molar-refractivity contribution in [2.45, 2.75) is 63.2 Å². The average Bonchev–Trinajstić information content (AvgIpc) is 2.46. The third-order valence-corrected chi connectivity index (χ3v) is 5.92. The molecule has 0 aromatic carbocycles. The quantitative estimate of drug-likeness (QED) is 0.670. The first kappa shape index (κ1) is 13.7. The van der Waals surface area contributed by atoms with Crippen LogP contribution in [0.25, 0.3) is 0 Å². The minimum absolute atomic E-state index is 0.184. The molecule has 3 aliphatic rings. The molecule has 1 saturated heterocycles. The fourth-order valence-electron chi connectivity index (χ4n) is 4.48. The molecule has 2 aliphatic carbocycles. The van der Waals surface area contributed by atoms with Gasteiger partial charge >= 0.3 is 0 Å². The topological polar surface area (TPSA) is 20.3 Å². The standard InChI is InChI=1S/C16H26ClNO/c17-15-6-3-9-18(11-15)16(19)14-8-7-12-4-1-2-5-13(12)10-14/h12-15H,1-11H2. The summed E-state index contributed by atoms with van der Waals surface area (Å²) in [6.45, 7) is 1.72. The summed E-state index contributed by atoms with van der Waals surface area (Å²) in [5, 5.41) is 0.184. The van der Waals surface area contributed by atoms with Crippen LogP contribution >= 0.6 is 11.6 Å². The first-order valence-corrected chi connectivity index (χ1v) is 8.60. The fraction of sp³-hybridized carbons (Fsp3) is 0.938. The van der Waals surface area contributed by atoms with Gasteiger partial charge in [-0.25, -0.2) is 0 Å². The van der Waals surface area contributed by atoms with Gasteiger partial charge in [-0.3, -0.25) is 4.79 Å². The van der Waals surface area contributed by atoms with Crippen molar-refractivity contribution >= 4 is 17.5 Å². The van der Waals surface area contributed by atoms with E-state index in [9.17, 15) is 4.79 Å². The smallest absolute Gasteiger partial charge is 0.225 e. The van der Waals surface area contributed by atoms with Gasteiger partial charge < -0.3 is 4.90 Å². The average molecular weight is 284 g/mol. The molecule has 2 nitrogen and oxygen atoms in total.